The van der Waals surface area contributed by atoms with Crippen LogP contribution in [0.3, 0.4) is 0 Å². The Labute approximate surface area is 165 Å². The minimum absolute atomic E-state index is 0.0993. The second-order valence-corrected chi connectivity index (χ2v) is 9.19. The average molecular weight is 453 g/mol. The SMILES string of the molecule is Cc1cc(Br)cc(C)c1S(=O)(=O)Nc1nc(SCc2ccccc2)n[nH]1. The van der Waals surface area contributed by atoms with Crippen LogP contribution in [0.5, 0.6) is 0 Å². The lowest BCUT2D eigenvalue weighted by atomic mass is 10.2. The molecule has 0 aliphatic carbocycles. The summed E-state index contributed by atoms with van der Waals surface area (Å²) < 4.78 is 28.8. The number of rotatable bonds is 6. The van der Waals surface area contributed by atoms with E-state index in [1.165, 1.54) is 11.8 Å². The number of aromatic nitrogens is 3. The topological polar surface area (TPSA) is 87.7 Å². The van der Waals surface area contributed by atoms with E-state index in [1.54, 1.807) is 26.0 Å². The first-order valence-electron chi connectivity index (χ1n) is 7.74. The molecule has 3 rings (SSSR count). The molecular weight excluding hydrogens is 436 g/mol. The van der Waals surface area contributed by atoms with Crippen molar-refractivity contribution in [2.75, 3.05) is 4.72 Å². The van der Waals surface area contributed by atoms with Crippen LogP contribution in [0.25, 0.3) is 0 Å². The van der Waals surface area contributed by atoms with Gasteiger partial charge in [-0.1, -0.05) is 58.0 Å². The molecule has 0 amide bonds. The Hall–Kier alpha value is -1.84. The standard InChI is InChI=1S/C17H17BrN4O2S2/c1-11-8-14(18)9-12(2)15(11)26(23,24)22-16-19-17(21-20-16)25-10-13-6-4-3-5-7-13/h3-9H,10H2,1-2H3,(H2,19,20,21,22). The fourth-order valence-corrected chi connectivity index (χ4v) is 5.43. The Morgan fingerprint density at radius 3 is 2.46 bits per heavy atom. The number of aryl methyl sites for hydroxylation is 2. The van der Waals surface area contributed by atoms with Gasteiger partial charge in [0.25, 0.3) is 10.0 Å². The summed E-state index contributed by atoms with van der Waals surface area (Å²) >= 11 is 4.80. The van der Waals surface area contributed by atoms with E-state index in [9.17, 15) is 8.42 Å². The molecule has 0 unspecified atom stereocenters. The molecule has 0 saturated heterocycles. The Balaban J connectivity index is 1.74. The van der Waals surface area contributed by atoms with Crippen LogP contribution in [0.15, 0.2) is 57.0 Å². The largest absolute Gasteiger partial charge is 0.264 e. The monoisotopic (exact) mass is 452 g/mol. The van der Waals surface area contributed by atoms with Crippen LogP contribution >= 0.6 is 27.7 Å². The maximum atomic E-state index is 12.7. The molecule has 0 saturated carbocycles. The molecule has 2 aromatic carbocycles. The molecule has 9 heteroatoms. The number of sulfonamides is 1. The molecule has 0 bridgehead atoms. The molecule has 1 aromatic heterocycles. The maximum absolute atomic E-state index is 12.7. The Kier molecular flexibility index (Phi) is 5.69. The molecule has 0 atom stereocenters. The third-order valence-corrected chi connectivity index (χ3v) is 6.62. The van der Waals surface area contributed by atoms with Gasteiger partial charge in [0.2, 0.25) is 11.1 Å². The van der Waals surface area contributed by atoms with Crippen LogP contribution in [-0.4, -0.2) is 23.6 Å². The molecule has 2 N–H and O–H groups in total. The summed E-state index contributed by atoms with van der Waals surface area (Å²) in [4.78, 5) is 4.46. The lowest BCUT2D eigenvalue weighted by Gasteiger charge is -2.11. The van der Waals surface area contributed by atoms with Crippen molar-refractivity contribution in [2.45, 2.75) is 29.7 Å². The first-order valence-corrected chi connectivity index (χ1v) is 11.0. The van der Waals surface area contributed by atoms with Gasteiger partial charge >= 0.3 is 0 Å². The van der Waals surface area contributed by atoms with Gasteiger partial charge in [-0.3, -0.25) is 0 Å². The molecule has 3 aromatic rings. The van der Waals surface area contributed by atoms with E-state index >= 15 is 0 Å². The lowest BCUT2D eigenvalue weighted by Crippen LogP contribution is -2.16. The van der Waals surface area contributed by atoms with Crippen molar-refractivity contribution in [2.24, 2.45) is 0 Å². The van der Waals surface area contributed by atoms with Gasteiger partial charge in [-0.15, -0.1) is 5.10 Å². The number of thioether (sulfide) groups is 1. The smallest absolute Gasteiger partial charge is 0.248 e. The van der Waals surface area contributed by atoms with Gasteiger partial charge in [-0.2, -0.15) is 4.98 Å². The van der Waals surface area contributed by atoms with E-state index in [2.05, 4.69) is 35.8 Å². The zero-order chi connectivity index (χ0) is 18.7. The van der Waals surface area contributed by atoms with Crippen molar-refractivity contribution in [1.29, 1.82) is 0 Å². The van der Waals surface area contributed by atoms with E-state index in [4.69, 9.17) is 0 Å². The second-order valence-electron chi connectivity index (χ2n) is 5.72. The highest BCUT2D eigenvalue weighted by molar-refractivity contribution is 9.10. The number of nitrogens with one attached hydrogen (secondary N) is 2. The normalized spacial score (nSPS) is 11.5. The average Bonchev–Trinajstić information content (AvgIpc) is 2.99. The van der Waals surface area contributed by atoms with Gasteiger partial charge < -0.3 is 0 Å². The van der Waals surface area contributed by atoms with E-state index in [0.29, 0.717) is 22.0 Å². The van der Waals surface area contributed by atoms with Gasteiger partial charge in [-0.25, -0.2) is 18.2 Å². The molecule has 0 radical (unpaired) electrons. The molecule has 1 heterocycles. The number of benzene rings is 2. The zero-order valence-corrected chi connectivity index (χ0v) is 17.4. The van der Waals surface area contributed by atoms with Crippen LogP contribution in [-0.2, 0) is 15.8 Å². The summed E-state index contributed by atoms with van der Waals surface area (Å²) in [6.45, 7) is 3.52. The van der Waals surface area contributed by atoms with Crippen LogP contribution in [0.1, 0.15) is 16.7 Å². The van der Waals surface area contributed by atoms with Crippen LogP contribution < -0.4 is 4.72 Å². The Morgan fingerprint density at radius 1 is 1.15 bits per heavy atom. The van der Waals surface area contributed by atoms with E-state index in [0.717, 1.165) is 10.0 Å². The highest BCUT2D eigenvalue weighted by Crippen LogP contribution is 2.26. The molecule has 0 fully saturated rings. The van der Waals surface area contributed by atoms with Crippen LogP contribution in [0, 0.1) is 13.8 Å². The van der Waals surface area contributed by atoms with Crippen LogP contribution in [0.4, 0.5) is 5.95 Å². The molecule has 0 aliphatic heterocycles. The van der Waals surface area contributed by atoms with E-state index in [-0.39, 0.29) is 10.8 Å². The third kappa shape index (κ3) is 4.46. The fraction of sp³-hybridized carbons (Fsp3) is 0.176. The van der Waals surface area contributed by atoms with Crippen molar-refractivity contribution in [1.82, 2.24) is 15.2 Å². The number of nitrogens with zero attached hydrogens (tertiary/aromatic N) is 2. The van der Waals surface area contributed by atoms with Crippen molar-refractivity contribution >= 4 is 43.7 Å². The van der Waals surface area contributed by atoms with Gasteiger partial charge in [-0.05, 0) is 42.7 Å². The van der Waals surface area contributed by atoms with Gasteiger partial charge in [0, 0.05) is 10.2 Å². The number of H-pyrrole nitrogens is 1. The fourth-order valence-electron chi connectivity index (χ4n) is 2.58. The maximum Gasteiger partial charge on any atom is 0.264 e. The van der Waals surface area contributed by atoms with Crippen LogP contribution in [0.2, 0.25) is 0 Å². The number of hydrogen-bond donors (Lipinski definition) is 2. The predicted octanol–water partition coefficient (Wildman–Crippen LogP) is 4.28. The van der Waals surface area contributed by atoms with Gasteiger partial charge in [0.1, 0.15) is 0 Å². The summed E-state index contributed by atoms with van der Waals surface area (Å²) in [7, 11) is -3.76. The molecule has 0 aliphatic rings. The Bertz CT molecular complexity index is 997. The third-order valence-electron chi connectivity index (χ3n) is 3.60. The zero-order valence-electron chi connectivity index (χ0n) is 14.2. The first kappa shape index (κ1) is 18.9. The van der Waals surface area contributed by atoms with E-state index < -0.39 is 10.0 Å². The summed E-state index contributed by atoms with van der Waals surface area (Å²) in [6, 6.07) is 13.5. The number of aromatic amines is 1. The molecule has 136 valence electrons. The molecular formula is C17H17BrN4O2S2. The van der Waals surface area contributed by atoms with Crippen molar-refractivity contribution in [3.05, 3.63) is 63.6 Å². The van der Waals surface area contributed by atoms with Gasteiger partial charge in [0.15, 0.2) is 0 Å². The van der Waals surface area contributed by atoms with Crippen molar-refractivity contribution in [3.63, 3.8) is 0 Å². The lowest BCUT2D eigenvalue weighted by molar-refractivity contribution is 0.599. The van der Waals surface area contributed by atoms with Crippen molar-refractivity contribution < 1.29 is 8.42 Å². The predicted molar refractivity (Wildman–Crippen MR) is 107 cm³/mol. The Morgan fingerprint density at radius 2 is 1.81 bits per heavy atom. The minimum atomic E-state index is -3.76. The van der Waals surface area contributed by atoms with Crippen molar-refractivity contribution in [3.8, 4) is 0 Å². The minimum Gasteiger partial charge on any atom is -0.248 e. The highest BCUT2D eigenvalue weighted by atomic mass is 79.9. The first-order chi connectivity index (χ1) is 12.3. The van der Waals surface area contributed by atoms with E-state index in [1.807, 2.05) is 30.3 Å². The number of hydrogen-bond acceptors (Lipinski definition) is 5. The summed E-state index contributed by atoms with van der Waals surface area (Å²) in [5, 5.41) is 7.18. The number of anilines is 1. The summed E-state index contributed by atoms with van der Waals surface area (Å²) in [5.74, 6) is 0.804. The second kappa shape index (κ2) is 7.81. The summed E-state index contributed by atoms with van der Waals surface area (Å²) in [6.07, 6.45) is 0. The molecule has 6 nitrogen and oxygen atoms in total. The van der Waals surface area contributed by atoms with Gasteiger partial charge in [0.05, 0.1) is 4.90 Å². The number of halogens is 1. The summed E-state index contributed by atoms with van der Waals surface area (Å²) in [5.41, 5.74) is 2.45. The molecule has 0 spiro atoms. The molecule has 26 heavy (non-hydrogen) atoms. The quantitative estimate of drug-likeness (QED) is 0.544. The highest BCUT2D eigenvalue weighted by Gasteiger charge is 2.21.